The van der Waals surface area contributed by atoms with E-state index in [1.54, 1.807) is 7.11 Å². The Kier molecular flexibility index (Phi) is 6.07. The van der Waals surface area contributed by atoms with Crippen molar-refractivity contribution in [2.24, 2.45) is 0 Å². The molecule has 5 heteroatoms. The SMILES string of the molecule is CCc1ccc(C(CCOC)NC(=O)OC(C)(C)C)o1. The second-order valence-electron chi connectivity index (χ2n) is 5.64. The van der Waals surface area contributed by atoms with Crippen LogP contribution >= 0.6 is 0 Å². The number of carbonyl (C=O) groups excluding carboxylic acids is 1. The smallest absolute Gasteiger partial charge is 0.408 e. The molecule has 5 nitrogen and oxygen atoms in total. The van der Waals surface area contributed by atoms with Gasteiger partial charge in [-0.1, -0.05) is 6.92 Å². The van der Waals surface area contributed by atoms with Crippen LogP contribution in [0, 0.1) is 0 Å². The van der Waals surface area contributed by atoms with Crippen LogP contribution in [0.5, 0.6) is 0 Å². The van der Waals surface area contributed by atoms with Crippen molar-refractivity contribution in [1.29, 1.82) is 0 Å². The molecule has 0 aliphatic carbocycles. The predicted molar refractivity (Wildman–Crippen MR) is 76.7 cm³/mol. The lowest BCUT2D eigenvalue weighted by atomic mass is 10.1. The van der Waals surface area contributed by atoms with Crippen molar-refractivity contribution in [2.75, 3.05) is 13.7 Å². The molecule has 0 saturated heterocycles. The van der Waals surface area contributed by atoms with Gasteiger partial charge in [-0.25, -0.2) is 4.79 Å². The molecule has 1 rings (SSSR count). The Hall–Kier alpha value is -1.49. The van der Waals surface area contributed by atoms with Crippen LogP contribution in [0.4, 0.5) is 4.79 Å². The fraction of sp³-hybridized carbons (Fsp3) is 0.667. The third kappa shape index (κ3) is 5.65. The highest BCUT2D eigenvalue weighted by Gasteiger charge is 2.22. The van der Waals surface area contributed by atoms with E-state index in [0.29, 0.717) is 13.0 Å². The lowest BCUT2D eigenvalue weighted by molar-refractivity contribution is 0.0484. The molecular weight excluding hydrogens is 258 g/mol. The average Bonchev–Trinajstić information content (AvgIpc) is 2.80. The van der Waals surface area contributed by atoms with E-state index in [9.17, 15) is 4.79 Å². The molecule has 1 amide bonds. The number of nitrogens with one attached hydrogen (secondary N) is 1. The molecule has 0 spiro atoms. The van der Waals surface area contributed by atoms with Crippen LogP contribution < -0.4 is 5.32 Å². The molecule has 1 unspecified atom stereocenters. The number of aryl methyl sites for hydroxylation is 1. The fourth-order valence-corrected chi connectivity index (χ4v) is 1.74. The first-order valence-electron chi connectivity index (χ1n) is 6.92. The Labute approximate surface area is 120 Å². The second-order valence-corrected chi connectivity index (χ2v) is 5.64. The summed E-state index contributed by atoms with van der Waals surface area (Å²) in [5, 5.41) is 2.83. The molecule has 0 radical (unpaired) electrons. The van der Waals surface area contributed by atoms with Gasteiger partial charge in [0.05, 0.1) is 6.04 Å². The number of alkyl carbamates (subject to hydrolysis) is 1. The molecule has 0 fully saturated rings. The number of carbonyl (C=O) groups is 1. The number of rotatable bonds is 6. The molecule has 1 atom stereocenters. The Morgan fingerprint density at radius 2 is 2.10 bits per heavy atom. The largest absolute Gasteiger partial charge is 0.464 e. The Morgan fingerprint density at radius 3 is 2.60 bits per heavy atom. The van der Waals surface area contributed by atoms with Crippen molar-refractivity contribution in [3.8, 4) is 0 Å². The van der Waals surface area contributed by atoms with E-state index in [1.807, 2.05) is 39.8 Å². The highest BCUT2D eigenvalue weighted by atomic mass is 16.6. The number of hydrogen-bond acceptors (Lipinski definition) is 4. The first-order chi connectivity index (χ1) is 9.35. The zero-order chi connectivity index (χ0) is 15.2. The highest BCUT2D eigenvalue weighted by Crippen LogP contribution is 2.21. The van der Waals surface area contributed by atoms with Gasteiger partial charge in [0.15, 0.2) is 0 Å². The van der Waals surface area contributed by atoms with Crippen molar-refractivity contribution >= 4 is 6.09 Å². The minimum Gasteiger partial charge on any atom is -0.464 e. The minimum atomic E-state index is -0.520. The van der Waals surface area contributed by atoms with Gasteiger partial charge in [-0.15, -0.1) is 0 Å². The average molecular weight is 283 g/mol. The van der Waals surface area contributed by atoms with E-state index in [0.717, 1.165) is 17.9 Å². The Morgan fingerprint density at radius 1 is 1.40 bits per heavy atom. The maximum Gasteiger partial charge on any atom is 0.408 e. The number of furan rings is 1. The van der Waals surface area contributed by atoms with Crippen molar-refractivity contribution in [3.63, 3.8) is 0 Å². The molecule has 1 heterocycles. The summed E-state index contributed by atoms with van der Waals surface area (Å²) in [4.78, 5) is 11.9. The van der Waals surface area contributed by atoms with Gasteiger partial charge in [0.2, 0.25) is 0 Å². The number of hydrogen-bond donors (Lipinski definition) is 1. The van der Waals surface area contributed by atoms with Crippen LogP contribution in [-0.2, 0) is 15.9 Å². The molecule has 0 aliphatic heterocycles. The van der Waals surface area contributed by atoms with Gasteiger partial charge in [-0.05, 0) is 39.3 Å². The monoisotopic (exact) mass is 283 g/mol. The van der Waals surface area contributed by atoms with E-state index < -0.39 is 11.7 Å². The summed E-state index contributed by atoms with van der Waals surface area (Å²) in [6.07, 6.45) is 1.00. The first-order valence-corrected chi connectivity index (χ1v) is 6.92. The van der Waals surface area contributed by atoms with Crippen LogP contribution in [0.15, 0.2) is 16.5 Å². The molecule has 20 heavy (non-hydrogen) atoms. The van der Waals surface area contributed by atoms with Crippen molar-refractivity contribution in [3.05, 3.63) is 23.7 Å². The maximum absolute atomic E-state index is 11.9. The van der Waals surface area contributed by atoms with Crippen LogP contribution in [0.1, 0.15) is 51.7 Å². The lowest BCUT2D eigenvalue weighted by Crippen LogP contribution is -2.35. The standard InChI is InChI=1S/C15H25NO4/c1-6-11-7-8-13(19-11)12(9-10-18-5)16-14(17)20-15(2,3)4/h7-8,12H,6,9-10H2,1-5H3,(H,16,17). The van der Waals surface area contributed by atoms with E-state index in [1.165, 1.54) is 0 Å². The third-order valence-electron chi connectivity index (χ3n) is 2.68. The quantitative estimate of drug-likeness (QED) is 0.868. The van der Waals surface area contributed by atoms with Crippen LogP contribution in [0.3, 0.4) is 0 Å². The highest BCUT2D eigenvalue weighted by molar-refractivity contribution is 5.68. The van der Waals surface area contributed by atoms with Crippen LogP contribution in [0.25, 0.3) is 0 Å². The molecule has 0 aliphatic rings. The number of ether oxygens (including phenoxy) is 2. The van der Waals surface area contributed by atoms with Gasteiger partial charge < -0.3 is 19.2 Å². The predicted octanol–water partition coefficient (Wildman–Crippen LogP) is 3.44. The lowest BCUT2D eigenvalue weighted by Gasteiger charge is -2.22. The van der Waals surface area contributed by atoms with Gasteiger partial charge in [-0.3, -0.25) is 0 Å². The normalized spacial score (nSPS) is 13.1. The summed E-state index contributed by atoms with van der Waals surface area (Å²) >= 11 is 0. The van der Waals surface area contributed by atoms with E-state index in [-0.39, 0.29) is 6.04 Å². The summed E-state index contributed by atoms with van der Waals surface area (Å²) in [6.45, 7) is 8.05. The van der Waals surface area contributed by atoms with E-state index >= 15 is 0 Å². The molecule has 114 valence electrons. The Bertz CT molecular complexity index is 420. The number of amides is 1. The van der Waals surface area contributed by atoms with Crippen LogP contribution in [-0.4, -0.2) is 25.4 Å². The zero-order valence-electron chi connectivity index (χ0n) is 13.0. The topological polar surface area (TPSA) is 60.7 Å². The van der Waals surface area contributed by atoms with Gasteiger partial charge in [0.25, 0.3) is 0 Å². The summed E-state index contributed by atoms with van der Waals surface area (Å²) in [5.41, 5.74) is -0.520. The van der Waals surface area contributed by atoms with Gasteiger partial charge in [-0.2, -0.15) is 0 Å². The molecule has 0 bridgehead atoms. The summed E-state index contributed by atoms with van der Waals surface area (Å²) < 4.78 is 16.0. The minimum absolute atomic E-state index is 0.245. The van der Waals surface area contributed by atoms with Gasteiger partial charge >= 0.3 is 6.09 Å². The fourth-order valence-electron chi connectivity index (χ4n) is 1.74. The van der Waals surface area contributed by atoms with Gasteiger partial charge in [0.1, 0.15) is 17.1 Å². The van der Waals surface area contributed by atoms with Gasteiger partial charge in [0, 0.05) is 20.1 Å². The molecular formula is C15H25NO4. The van der Waals surface area contributed by atoms with Crippen molar-refractivity contribution in [1.82, 2.24) is 5.32 Å². The molecule has 0 aromatic carbocycles. The maximum atomic E-state index is 11.9. The van der Waals surface area contributed by atoms with Crippen LogP contribution in [0.2, 0.25) is 0 Å². The number of methoxy groups -OCH3 is 1. The summed E-state index contributed by atoms with van der Waals surface area (Å²) in [7, 11) is 1.63. The van der Waals surface area contributed by atoms with Crippen molar-refractivity contribution in [2.45, 2.75) is 52.2 Å². The Balaban J connectivity index is 2.71. The first kappa shape index (κ1) is 16.6. The third-order valence-corrected chi connectivity index (χ3v) is 2.68. The molecule has 1 N–H and O–H groups in total. The zero-order valence-corrected chi connectivity index (χ0v) is 13.0. The van der Waals surface area contributed by atoms with Crippen molar-refractivity contribution < 1.29 is 18.7 Å². The summed E-state index contributed by atoms with van der Waals surface area (Å²) in [5.74, 6) is 1.62. The van der Waals surface area contributed by atoms with E-state index in [4.69, 9.17) is 13.9 Å². The summed E-state index contributed by atoms with van der Waals surface area (Å²) in [6, 6.07) is 3.56. The van der Waals surface area contributed by atoms with E-state index in [2.05, 4.69) is 5.32 Å². The molecule has 0 saturated carbocycles. The molecule has 1 aromatic rings. The molecule has 1 aromatic heterocycles. The second kappa shape index (κ2) is 7.33.